The quantitative estimate of drug-likeness (QED) is 0.591. The Hall–Kier alpha value is -2.85. The molecule has 1 aliphatic rings. The van der Waals surface area contributed by atoms with Gasteiger partial charge in [0.15, 0.2) is 20.6 Å². The van der Waals surface area contributed by atoms with Gasteiger partial charge in [-0.05, 0) is 29.7 Å². The molecule has 10 heteroatoms. The molecular formula is C20H19N3O5S2. The van der Waals surface area contributed by atoms with Gasteiger partial charge in [0.25, 0.3) is 0 Å². The summed E-state index contributed by atoms with van der Waals surface area (Å²) >= 11 is 0. The van der Waals surface area contributed by atoms with Crippen LogP contribution in [0.1, 0.15) is 35.7 Å². The van der Waals surface area contributed by atoms with Gasteiger partial charge in [-0.15, -0.1) is 5.10 Å². The lowest BCUT2D eigenvalue weighted by Gasteiger charge is -2.11. The lowest BCUT2D eigenvalue weighted by atomic mass is 9.94. The predicted molar refractivity (Wildman–Crippen MR) is 108 cm³/mol. The van der Waals surface area contributed by atoms with Crippen molar-refractivity contribution in [1.29, 1.82) is 0 Å². The zero-order chi connectivity index (χ0) is 21.7. The molecule has 0 N–H and O–H groups in total. The molecule has 30 heavy (non-hydrogen) atoms. The SMILES string of the molecule is CC(C)c1cccc2c1C(=O)C(Cn1nncc1S(=O)(=O)c1ccccc1)S2(=O)=O. The first-order valence-electron chi connectivity index (χ1n) is 9.25. The molecule has 2 heterocycles. The largest absolute Gasteiger partial charge is 0.293 e. The minimum atomic E-state index is -3.99. The van der Waals surface area contributed by atoms with E-state index in [-0.39, 0.29) is 26.3 Å². The Morgan fingerprint density at radius 2 is 1.77 bits per heavy atom. The molecule has 1 aliphatic heterocycles. The number of nitrogens with zero attached hydrogens (tertiary/aromatic N) is 3. The zero-order valence-electron chi connectivity index (χ0n) is 16.3. The fourth-order valence-corrected chi connectivity index (χ4v) is 6.77. The van der Waals surface area contributed by atoms with Crippen molar-refractivity contribution >= 4 is 25.5 Å². The molecule has 4 rings (SSSR count). The molecule has 156 valence electrons. The van der Waals surface area contributed by atoms with Gasteiger partial charge >= 0.3 is 0 Å². The smallest absolute Gasteiger partial charge is 0.225 e. The van der Waals surface area contributed by atoms with Crippen molar-refractivity contribution in [2.24, 2.45) is 0 Å². The maximum Gasteiger partial charge on any atom is 0.225 e. The third-order valence-electron chi connectivity index (χ3n) is 5.15. The number of Topliss-reactive ketones (excluding diaryl/α,β-unsaturated/α-hetero) is 1. The molecule has 0 aliphatic carbocycles. The van der Waals surface area contributed by atoms with E-state index in [2.05, 4.69) is 10.3 Å². The topological polar surface area (TPSA) is 116 Å². The molecule has 0 bridgehead atoms. The van der Waals surface area contributed by atoms with Crippen LogP contribution in [0.15, 0.2) is 69.5 Å². The second kappa shape index (κ2) is 7.13. The first-order valence-corrected chi connectivity index (χ1v) is 12.3. The fourth-order valence-electron chi connectivity index (χ4n) is 3.63. The minimum Gasteiger partial charge on any atom is -0.293 e. The molecule has 0 fully saturated rings. The molecule has 0 saturated carbocycles. The number of ketones is 1. The maximum absolute atomic E-state index is 13.1. The van der Waals surface area contributed by atoms with Crippen LogP contribution < -0.4 is 0 Å². The van der Waals surface area contributed by atoms with E-state index >= 15 is 0 Å². The fraction of sp³-hybridized carbons (Fsp3) is 0.250. The molecular weight excluding hydrogens is 426 g/mol. The maximum atomic E-state index is 13.1. The van der Waals surface area contributed by atoms with Crippen LogP contribution in [0.5, 0.6) is 0 Å². The molecule has 0 spiro atoms. The highest BCUT2D eigenvalue weighted by Crippen LogP contribution is 2.37. The van der Waals surface area contributed by atoms with E-state index in [0.29, 0.717) is 5.56 Å². The van der Waals surface area contributed by atoms with E-state index in [9.17, 15) is 21.6 Å². The number of rotatable bonds is 5. The average Bonchev–Trinajstić information content (AvgIpc) is 3.27. The van der Waals surface area contributed by atoms with Crippen LogP contribution in [-0.2, 0) is 26.2 Å². The van der Waals surface area contributed by atoms with Crippen molar-refractivity contribution < 1.29 is 21.6 Å². The van der Waals surface area contributed by atoms with E-state index in [0.717, 1.165) is 10.9 Å². The van der Waals surface area contributed by atoms with Gasteiger partial charge in [0.1, 0.15) is 5.25 Å². The van der Waals surface area contributed by atoms with Gasteiger partial charge in [-0.25, -0.2) is 21.5 Å². The van der Waals surface area contributed by atoms with Crippen LogP contribution in [0, 0.1) is 0 Å². The molecule has 0 amide bonds. The molecule has 1 atom stereocenters. The highest BCUT2D eigenvalue weighted by atomic mass is 32.2. The normalized spacial score (nSPS) is 18.0. The average molecular weight is 446 g/mol. The van der Waals surface area contributed by atoms with Crippen molar-refractivity contribution in [3.63, 3.8) is 0 Å². The highest BCUT2D eigenvalue weighted by molar-refractivity contribution is 7.93. The Bertz CT molecular complexity index is 1340. The Kier molecular flexibility index (Phi) is 4.86. The summed E-state index contributed by atoms with van der Waals surface area (Å²) in [4.78, 5) is 13.1. The summed E-state index contributed by atoms with van der Waals surface area (Å²) in [5.74, 6) is -0.592. The molecule has 0 saturated heterocycles. The van der Waals surface area contributed by atoms with Gasteiger partial charge < -0.3 is 0 Å². The number of benzene rings is 2. The number of fused-ring (bicyclic) bond motifs is 1. The number of hydrogen-bond acceptors (Lipinski definition) is 7. The van der Waals surface area contributed by atoms with Crippen LogP contribution in [-0.4, -0.2) is 42.9 Å². The summed E-state index contributed by atoms with van der Waals surface area (Å²) in [6, 6.07) is 12.5. The molecule has 0 radical (unpaired) electrons. The summed E-state index contributed by atoms with van der Waals surface area (Å²) in [7, 11) is -7.97. The lowest BCUT2D eigenvalue weighted by Crippen LogP contribution is -2.30. The summed E-state index contributed by atoms with van der Waals surface area (Å²) in [6.45, 7) is 3.32. The van der Waals surface area contributed by atoms with E-state index < -0.39 is 37.3 Å². The van der Waals surface area contributed by atoms with Crippen molar-refractivity contribution in [2.45, 2.75) is 46.4 Å². The van der Waals surface area contributed by atoms with Crippen LogP contribution in [0.3, 0.4) is 0 Å². The Labute approximate surface area is 174 Å². The van der Waals surface area contributed by atoms with Crippen molar-refractivity contribution in [1.82, 2.24) is 15.0 Å². The first kappa shape index (κ1) is 20.4. The third kappa shape index (κ3) is 3.07. The summed E-state index contributed by atoms with van der Waals surface area (Å²) in [5, 5.41) is 5.69. The lowest BCUT2D eigenvalue weighted by molar-refractivity contribution is 0.0980. The summed E-state index contributed by atoms with van der Waals surface area (Å²) < 4.78 is 53.1. The Balaban J connectivity index is 1.77. The number of aromatic nitrogens is 3. The van der Waals surface area contributed by atoms with Gasteiger partial charge in [-0.3, -0.25) is 4.79 Å². The van der Waals surface area contributed by atoms with Crippen LogP contribution in [0.25, 0.3) is 0 Å². The number of carbonyl (C=O) groups is 1. The van der Waals surface area contributed by atoms with Gasteiger partial charge in [0.05, 0.1) is 22.5 Å². The second-order valence-corrected chi connectivity index (χ2v) is 11.3. The molecule has 8 nitrogen and oxygen atoms in total. The van der Waals surface area contributed by atoms with Crippen LogP contribution in [0.2, 0.25) is 0 Å². The zero-order valence-corrected chi connectivity index (χ0v) is 17.9. The minimum absolute atomic E-state index is 0.0173. The molecule has 1 unspecified atom stereocenters. The number of sulfone groups is 2. The Morgan fingerprint density at radius 3 is 2.43 bits per heavy atom. The van der Waals surface area contributed by atoms with E-state index in [1.54, 1.807) is 30.3 Å². The second-order valence-electron chi connectivity index (χ2n) is 7.34. The van der Waals surface area contributed by atoms with E-state index in [1.807, 2.05) is 13.8 Å². The standard InChI is InChI=1S/C20H19N3O5S2/c1-13(2)15-9-6-10-16-19(15)20(24)17(30(16,27)28)12-23-18(11-21-22-23)29(25,26)14-7-4-3-5-8-14/h3-11,13,17H,12H2,1-2H3. The van der Waals surface area contributed by atoms with Crippen molar-refractivity contribution in [3.8, 4) is 0 Å². The summed E-state index contributed by atoms with van der Waals surface area (Å²) in [6.07, 6.45) is 1.06. The van der Waals surface area contributed by atoms with E-state index in [4.69, 9.17) is 0 Å². The van der Waals surface area contributed by atoms with Crippen molar-refractivity contribution in [3.05, 3.63) is 65.9 Å². The third-order valence-corrected chi connectivity index (χ3v) is 8.98. The van der Waals surface area contributed by atoms with Crippen molar-refractivity contribution in [2.75, 3.05) is 0 Å². The number of carbonyl (C=O) groups excluding carboxylic acids is 1. The summed E-state index contributed by atoms with van der Waals surface area (Å²) in [5.41, 5.74) is 0.837. The van der Waals surface area contributed by atoms with Gasteiger partial charge in [-0.1, -0.05) is 49.4 Å². The number of hydrogen-bond donors (Lipinski definition) is 0. The highest BCUT2D eigenvalue weighted by Gasteiger charge is 2.46. The van der Waals surface area contributed by atoms with Gasteiger partial charge in [0, 0.05) is 5.56 Å². The molecule has 3 aromatic rings. The first-order chi connectivity index (χ1) is 14.2. The molecule has 2 aromatic carbocycles. The van der Waals surface area contributed by atoms with Crippen LogP contribution >= 0.6 is 0 Å². The predicted octanol–water partition coefficient (Wildman–Crippen LogP) is 2.27. The Morgan fingerprint density at radius 1 is 1.07 bits per heavy atom. The van der Waals surface area contributed by atoms with Gasteiger partial charge in [-0.2, -0.15) is 0 Å². The molecule has 1 aromatic heterocycles. The van der Waals surface area contributed by atoms with E-state index in [1.165, 1.54) is 18.2 Å². The van der Waals surface area contributed by atoms with Gasteiger partial charge in [0.2, 0.25) is 9.84 Å². The monoisotopic (exact) mass is 445 g/mol. The van der Waals surface area contributed by atoms with Crippen LogP contribution in [0.4, 0.5) is 0 Å².